The van der Waals surface area contributed by atoms with Crippen LogP contribution in [0, 0.1) is 5.92 Å². The average Bonchev–Trinajstić information content (AvgIpc) is 2.67. The summed E-state index contributed by atoms with van der Waals surface area (Å²) in [5, 5.41) is 0. The molecule has 1 aliphatic heterocycles. The Balaban J connectivity index is 2.26. The lowest BCUT2D eigenvalue weighted by Gasteiger charge is -2.10. The van der Waals surface area contributed by atoms with E-state index in [1.54, 1.807) is 0 Å². The van der Waals surface area contributed by atoms with Crippen molar-refractivity contribution in [2.75, 3.05) is 13.2 Å². The van der Waals surface area contributed by atoms with Crippen LogP contribution in [0.5, 0.6) is 0 Å². The molecule has 1 heterocycles. The molecule has 0 aromatic carbocycles. The van der Waals surface area contributed by atoms with Gasteiger partial charge < -0.3 is 9.47 Å². The maximum Gasteiger partial charge on any atom is 0.158 e. The van der Waals surface area contributed by atoms with Crippen LogP contribution < -0.4 is 0 Å². The van der Waals surface area contributed by atoms with E-state index in [-0.39, 0.29) is 6.29 Å². The number of unbranched alkanes of at least 4 members (excludes halogenated alkanes) is 1. The van der Waals surface area contributed by atoms with Crippen molar-refractivity contribution in [3.8, 4) is 0 Å². The zero-order valence-electron chi connectivity index (χ0n) is 9.87. The van der Waals surface area contributed by atoms with Crippen LogP contribution >= 0.6 is 0 Å². The minimum atomic E-state index is 0.00900. The highest BCUT2D eigenvalue weighted by atomic mass is 16.7. The van der Waals surface area contributed by atoms with Crippen LogP contribution in [0.3, 0.4) is 0 Å². The minimum Gasteiger partial charge on any atom is -0.353 e. The lowest BCUT2D eigenvalue weighted by atomic mass is 9.99. The van der Waals surface area contributed by atoms with Gasteiger partial charge in [-0.15, -0.1) is 0 Å². The molecule has 2 heteroatoms. The SMILES string of the molecule is C=C/C=C(\C)C1COC(OCCCC)C1. The van der Waals surface area contributed by atoms with E-state index in [4.69, 9.17) is 9.47 Å². The van der Waals surface area contributed by atoms with E-state index < -0.39 is 0 Å². The van der Waals surface area contributed by atoms with Crippen LogP contribution in [-0.4, -0.2) is 19.5 Å². The van der Waals surface area contributed by atoms with E-state index in [1.807, 2.05) is 6.08 Å². The van der Waals surface area contributed by atoms with E-state index in [2.05, 4.69) is 26.5 Å². The molecule has 0 spiro atoms. The first-order valence-corrected chi connectivity index (χ1v) is 5.80. The molecule has 0 radical (unpaired) electrons. The van der Waals surface area contributed by atoms with Crippen molar-refractivity contribution in [3.63, 3.8) is 0 Å². The summed E-state index contributed by atoms with van der Waals surface area (Å²) < 4.78 is 11.2. The summed E-state index contributed by atoms with van der Waals surface area (Å²) in [7, 11) is 0. The highest BCUT2D eigenvalue weighted by molar-refractivity contribution is 5.12. The summed E-state index contributed by atoms with van der Waals surface area (Å²) in [5.41, 5.74) is 1.34. The van der Waals surface area contributed by atoms with Gasteiger partial charge in [-0.2, -0.15) is 0 Å². The Hall–Kier alpha value is -0.600. The Kier molecular flexibility index (Phi) is 5.66. The van der Waals surface area contributed by atoms with Crippen molar-refractivity contribution in [2.24, 2.45) is 5.92 Å². The van der Waals surface area contributed by atoms with Crippen molar-refractivity contribution >= 4 is 0 Å². The largest absolute Gasteiger partial charge is 0.353 e. The first-order valence-electron chi connectivity index (χ1n) is 5.80. The molecular weight excluding hydrogens is 188 g/mol. The Labute approximate surface area is 93.0 Å². The number of rotatable bonds is 6. The summed E-state index contributed by atoms with van der Waals surface area (Å²) >= 11 is 0. The Bertz CT molecular complexity index is 221. The zero-order valence-corrected chi connectivity index (χ0v) is 9.87. The summed E-state index contributed by atoms with van der Waals surface area (Å²) in [4.78, 5) is 0. The Morgan fingerprint density at radius 2 is 2.40 bits per heavy atom. The molecule has 0 bridgehead atoms. The molecular formula is C13H22O2. The second kappa shape index (κ2) is 6.81. The lowest BCUT2D eigenvalue weighted by molar-refractivity contribution is -0.111. The van der Waals surface area contributed by atoms with Crippen molar-refractivity contribution in [1.82, 2.24) is 0 Å². The first-order chi connectivity index (χ1) is 7.27. The van der Waals surface area contributed by atoms with Gasteiger partial charge in [0, 0.05) is 18.9 Å². The van der Waals surface area contributed by atoms with Gasteiger partial charge in [0.15, 0.2) is 6.29 Å². The van der Waals surface area contributed by atoms with E-state index >= 15 is 0 Å². The average molecular weight is 210 g/mol. The summed E-state index contributed by atoms with van der Waals surface area (Å²) in [6.45, 7) is 9.60. The minimum absolute atomic E-state index is 0.00900. The Morgan fingerprint density at radius 3 is 3.07 bits per heavy atom. The van der Waals surface area contributed by atoms with Gasteiger partial charge in [0.25, 0.3) is 0 Å². The molecule has 0 aromatic rings. The highest BCUT2D eigenvalue weighted by Gasteiger charge is 2.26. The van der Waals surface area contributed by atoms with Crippen molar-refractivity contribution < 1.29 is 9.47 Å². The molecule has 0 saturated carbocycles. The van der Waals surface area contributed by atoms with Gasteiger partial charge in [-0.05, 0) is 13.3 Å². The number of allylic oxidation sites excluding steroid dienone is 2. The first kappa shape index (κ1) is 12.5. The van der Waals surface area contributed by atoms with E-state index in [0.717, 1.165) is 26.1 Å². The van der Waals surface area contributed by atoms with Gasteiger partial charge in [0.2, 0.25) is 0 Å². The van der Waals surface area contributed by atoms with Crippen LogP contribution in [0.2, 0.25) is 0 Å². The standard InChI is InChI=1S/C13H22O2/c1-4-6-8-14-13-9-12(10-15-13)11(3)7-5-2/h5,7,12-13H,2,4,6,8-10H2,1,3H3/b11-7+. The molecule has 1 saturated heterocycles. The fourth-order valence-corrected chi connectivity index (χ4v) is 1.71. The second-order valence-corrected chi connectivity index (χ2v) is 4.07. The second-order valence-electron chi connectivity index (χ2n) is 4.07. The zero-order chi connectivity index (χ0) is 11.1. The fraction of sp³-hybridized carbons (Fsp3) is 0.692. The molecule has 15 heavy (non-hydrogen) atoms. The van der Waals surface area contributed by atoms with Crippen molar-refractivity contribution in [2.45, 2.75) is 39.4 Å². The van der Waals surface area contributed by atoms with E-state index in [1.165, 1.54) is 12.0 Å². The van der Waals surface area contributed by atoms with Crippen molar-refractivity contribution in [1.29, 1.82) is 0 Å². The molecule has 0 amide bonds. The van der Waals surface area contributed by atoms with Crippen LogP contribution in [-0.2, 0) is 9.47 Å². The number of ether oxygens (including phenoxy) is 2. The van der Waals surface area contributed by atoms with Crippen LogP contribution in [0.4, 0.5) is 0 Å². The summed E-state index contributed by atoms with van der Waals surface area (Å²) in [6, 6.07) is 0. The van der Waals surface area contributed by atoms with Gasteiger partial charge in [-0.3, -0.25) is 0 Å². The van der Waals surface area contributed by atoms with Crippen LogP contribution in [0.1, 0.15) is 33.1 Å². The molecule has 0 aliphatic carbocycles. The maximum atomic E-state index is 5.63. The molecule has 0 N–H and O–H groups in total. The van der Waals surface area contributed by atoms with Crippen LogP contribution in [0.15, 0.2) is 24.3 Å². The van der Waals surface area contributed by atoms with Crippen LogP contribution in [0.25, 0.3) is 0 Å². The molecule has 1 aliphatic rings. The third-order valence-electron chi connectivity index (χ3n) is 2.79. The maximum absolute atomic E-state index is 5.63. The topological polar surface area (TPSA) is 18.5 Å². The fourth-order valence-electron chi connectivity index (χ4n) is 1.71. The lowest BCUT2D eigenvalue weighted by Crippen LogP contribution is -2.11. The summed E-state index contributed by atoms with van der Waals surface area (Å²) in [6.07, 6.45) is 7.18. The molecule has 0 aromatic heterocycles. The molecule has 2 atom stereocenters. The smallest absolute Gasteiger partial charge is 0.158 e. The number of hydrogen-bond acceptors (Lipinski definition) is 2. The predicted octanol–water partition coefficient (Wildman–Crippen LogP) is 3.30. The van der Waals surface area contributed by atoms with E-state index in [9.17, 15) is 0 Å². The molecule has 2 nitrogen and oxygen atoms in total. The van der Waals surface area contributed by atoms with Gasteiger partial charge in [0.05, 0.1) is 6.61 Å². The van der Waals surface area contributed by atoms with Gasteiger partial charge in [-0.1, -0.05) is 37.6 Å². The third-order valence-corrected chi connectivity index (χ3v) is 2.79. The highest BCUT2D eigenvalue weighted by Crippen LogP contribution is 2.26. The monoisotopic (exact) mass is 210 g/mol. The molecule has 2 unspecified atom stereocenters. The molecule has 1 rings (SSSR count). The normalized spacial score (nSPS) is 26.9. The summed E-state index contributed by atoms with van der Waals surface area (Å²) in [5.74, 6) is 0.509. The molecule has 86 valence electrons. The van der Waals surface area contributed by atoms with Crippen molar-refractivity contribution in [3.05, 3.63) is 24.3 Å². The molecule has 1 fully saturated rings. The number of hydrogen-bond donors (Lipinski definition) is 0. The van der Waals surface area contributed by atoms with Gasteiger partial charge >= 0.3 is 0 Å². The Morgan fingerprint density at radius 1 is 1.60 bits per heavy atom. The third kappa shape index (κ3) is 4.18. The quantitative estimate of drug-likeness (QED) is 0.494. The predicted molar refractivity (Wildman–Crippen MR) is 62.7 cm³/mol. The van der Waals surface area contributed by atoms with Gasteiger partial charge in [0.1, 0.15) is 0 Å². The van der Waals surface area contributed by atoms with Gasteiger partial charge in [-0.25, -0.2) is 0 Å². The van der Waals surface area contributed by atoms with E-state index in [0.29, 0.717) is 5.92 Å².